The van der Waals surface area contributed by atoms with Gasteiger partial charge >= 0.3 is 12.0 Å². The van der Waals surface area contributed by atoms with Crippen LogP contribution in [-0.2, 0) is 9.53 Å². The van der Waals surface area contributed by atoms with Crippen LogP contribution in [0.1, 0.15) is 39.3 Å². The van der Waals surface area contributed by atoms with E-state index in [1.165, 1.54) is 0 Å². The standard InChI is InChI=1S/C26H32N4O4S/c1-6-30-17(4)22(24(31)34-15-16(2)3)23(29-26(30)35)18-11-13-19(14-12-18)27-25(32)28-20-9-7-8-10-21(20)33-5/h7-14,16,23H,6,15H2,1-5H3,(H,29,35)(H2,27,28,32). The molecule has 1 unspecified atom stereocenters. The number of esters is 1. The molecule has 2 aromatic rings. The van der Waals surface area contributed by atoms with Crippen LogP contribution in [0.2, 0.25) is 0 Å². The topological polar surface area (TPSA) is 91.9 Å². The summed E-state index contributed by atoms with van der Waals surface area (Å²) in [5.41, 5.74) is 3.28. The number of amides is 2. The van der Waals surface area contributed by atoms with Gasteiger partial charge in [0.05, 0.1) is 31.0 Å². The van der Waals surface area contributed by atoms with Crippen molar-refractivity contribution in [2.24, 2.45) is 5.92 Å². The van der Waals surface area contributed by atoms with E-state index in [4.69, 9.17) is 21.7 Å². The lowest BCUT2D eigenvalue weighted by Gasteiger charge is -2.37. The SMILES string of the molecule is CCN1C(=S)NC(c2ccc(NC(=O)Nc3ccccc3OC)cc2)C(C(=O)OCC(C)C)=C1C. The predicted molar refractivity (Wildman–Crippen MR) is 141 cm³/mol. The van der Waals surface area contributed by atoms with Crippen LogP contribution in [-0.4, -0.2) is 42.3 Å². The second kappa shape index (κ2) is 11.7. The molecular formula is C26H32N4O4S. The highest BCUT2D eigenvalue weighted by atomic mass is 32.1. The Morgan fingerprint density at radius 2 is 1.80 bits per heavy atom. The van der Waals surface area contributed by atoms with Gasteiger partial charge in [-0.05, 0) is 61.8 Å². The van der Waals surface area contributed by atoms with Gasteiger partial charge in [-0.15, -0.1) is 0 Å². The molecule has 9 heteroatoms. The van der Waals surface area contributed by atoms with Gasteiger partial charge in [0.25, 0.3) is 0 Å². The number of urea groups is 1. The highest BCUT2D eigenvalue weighted by molar-refractivity contribution is 7.80. The van der Waals surface area contributed by atoms with Crippen LogP contribution in [0.25, 0.3) is 0 Å². The van der Waals surface area contributed by atoms with Crippen molar-refractivity contribution in [2.75, 3.05) is 30.9 Å². The predicted octanol–water partition coefficient (Wildman–Crippen LogP) is 5.06. The van der Waals surface area contributed by atoms with Crippen LogP contribution in [0.4, 0.5) is 16.2 Å². The average Bonchev–Trinajstić information content (AvgIpc) is 2.83. The summed E-state index contributed by atoms with van der Waals surface area (Å²) in [5.74, 6) is 0.427. The maximum atomic E-state index is 13.0. The minimum atomic E-state index is -0.457. The van der Waals surface area contributed by atoms with Crippen LogP contribution in [0.5, 0.6) is 5.75 Å². The van der Waals surface area contributed by atoms with E-state index >= 15 is 0 Å². The molecule has 0 fully saturated rings. The Morgan fingerprint density at radius 1 is 1.11 bits per heavy atom. The molecule has 0 saturated carbocycles. The molecule has 0 spiro atoms. The van der Waals surface area contributed by atoms with Crippen molar-refractivity contribution in [2.45, 2.75) is 33.7 Å². The van der Waals surface area contributed by atoms with Crippen molar-refractivity contribution in [3.05, 3.63) is 65.4 Å². The summed E-state index contributed by atoms with van der Waals surface area (Å²) >= 11 is 5.54. The van der Waals surface area contributed by atoms with E-state index in [9.17, 15) is 9.59 Å². The summed E-state index contributed by atoms with van der Waals surface area (Å²) in [6, 6.07) is 13.6. The number of methoxy groups -OCH3 is 1. The molecule has 1 atom stereocenters. The molecule has 3 N–H and O–H groups in total. The number of rotatable bonds is 8. The lowest BCUT2D eigenvalue weighted by Crippen LogP contribution is -2.47. The third kappa shape index (κ3) is 6.30. The molecule has 35 heavy (non-hydrogen) atoms. The molecule has 1 aliphatic heterocycles. The quantitative estimate of drug-likeness (QED) is 0.347. The van der Waals surface area contributed by atoms with E-state index in [-0.39, 0.29) is 11.9 Å². The van der Waals surface area contributed by atoms with Crippen molar-refractivity contribution >= 4 is 40.7 Å². The molecule has 2 amide bonds. The normalized spacial score (nSPS) is 15.5. The third-order valence-electron chi connectivity index (χ3n) is 5.54. The van der Waals surface area contributed by atoms with Gasteiger partial charge in [0, 0.05) is 17.9 Å². The second-order valence-electron chi connectivity index (χ2n) is 8.52. The molecule has 0 bridgehead atoms. The number of benzene rings is 2. The fourth-order valence-corrected chi connectivity index (χ4v) is 4.17. The summed E-state index contributed by atoms with van der Waals surface area (Å²) < 4.78 is 10.8. The fraction of sp³-hybridized carbons (Fsp3) is 0.346. The average molecular weight is 497 g/mol. The van der Waals surface area contributed by atoms with Gasteiger partial charge in [-0.1, -0.05) is 38.1 Å². The molecule has 0 aliphatic carbocycles. The summed E-state index contributed by atoms with van der Waals surface area (Å²) in [7, 11) is 1.55. The highest BCUT2D eigenvalue weighted by Crippen LogP contribution is 2.32. The van der Waals surface area contributed by atoms with E-state index in [1.54, 1.807) is 31.4 Å². The first-order valence-corrected chi connectivity index (χ1v) is 11.9. The number of carbonyl (C=O) groups excluding carboxylic acids is 2. The maximum absolute atomic E-state index is 13.0. The molecule has 8 nitrogen and oxygen atoms in total. The van der Waals surface area contributed by atoms with E-state index < -0.39 is 12.1 Å². The molecule has 0 radical (unpaired) electrons. The Balaban J connectivity index is 1.79. The first kappa shape index (κ1) is 26.0. The first-order chi connectivity index (χ1) is 16.7. The lowest BCUT2D eigenvalue weighted by molar-refractivity contribution is -0.140. The second-order valence-corrected chi connectivity index (χ2v) is 8.91. The summed E-state index contributed by atoms with van der Waals surface area (Å²) in [6.45, 7) is 8.82. The van der Waals surface area contributed by atoms with Gasteiger partial charge in [0.15, 0.2) is 5.11 Å². The number of hydrogen-bond acceptors (Lipinski definition) is 5. The number of anilines is 2. The van der Waals surface area contributed by atoms with Gasteiger partial charge in [-0.25, -0.2) is 9.59 Å². The molecule has 2 aromatic carbocycles. The van der Waals surface area contributed by atoms with Crippen molar-refractivity contribution < 1.29 is 19.1 Å². The number of carbonyl (C=O) groups is 2. The van der Waals surface area contributed by atoms with E-state index in [0.717, 1.165) is 11.3 Å². The largest absolute Gasteiger partial charge is 0.495 e. The van der Waals surface area contributed by atoms with Crippen LogP contribution in [0.3, 0.4) is 0 Å². The van der Waals surface area contributed by atoms with Gasteiger partial charge in [0.2, 0.25) is 0 Å². The van der Waals surface area contributed by atoms with Gasteiger partial charge < -0.3 is 30.3 Å². The molecule has 0 aromatic heterocycles. The smallest absolute Gasteiger partial charge is 0.338 e. The number of nitrogens with zero attached hydrogens (tertiary/aromatic N) is 1. The van der Waals surface area contributed by atoms with Gasteiger partial charge in [-0.2, -0.15) is 0 Å². The molecule has 186 valence electrons. The van der Waals surface area contributed by atoms with Crippen LogP contribution >= 0.6 is 12.2 Å². The number of hydrogen-bond donors (Lipinski definition) is 3. The van der Waals surface area contributed by atoms with Crippen LogP contribution < -0.4 is 20.7 Å². The molecule has 1 heterocycles. The number of allylic oxidation sites excluding steroid dienone is 1. The van der Waals surface area contributed by atoms with Crippen molar-refractivity contribution in [1.82, 2.24) is 10.2 Å². The fourth-order valence-electron chi connectivity index (χ4n) is 3.79. The van der Waals surface area contributed by atoms with Crippen LogP contribution in [0, 0.1) is 5.92 Å². The zero-order valence-electron chi connectivity index (χ0n) is 20.7. The molecule has 0 saturated heterocycles. The zero-order chi connectivity index (χ0) is 25.5. The Labute approximate surface area is 211 Å². The van der Waals surface area contributed by atoms with Crippen molar-refractivity contribution in [1.29, 1.82) is 0 Å². The summed E-state index contributed by atoms with van der Waals surface area (Å²) in [6.07, 6.45) is 0. The molecular weight excluding hydrogens is 464 g/mol. The maximum Gasteiger partial charge on any atom is 0.338 e. The number of nitrogens with one attached hydrogen (secondary N) is 3. The van der Waals surface area contributed by atoms with Crippen molar-refractivity contribution in [3.8, 4) is 5.75 Å². The number of para-hydroxylation sites is 2. The van der Waals surface area contributed by atoms with Gasteiger partial charge in [0.1, 0.15) is 5.75 Å². The summed E-state index contributed by atoms with van der Waals surface area (Å²) in [5, 5.41) is 9.41. The molecule has 3 rings (SSSR count). The minimum absolute atomic E-state index is 0.227. The monoisotopic (exact) mass is 496 g/mol. The zero-order valence-corrected chi connectivity index (χ0v) is 21.5. The van der Waals surface area contributed by atoms with E-state index in [0.29, 0.717) is 41.0 Å². The Morgan fingerprint density at radius 3 is 2.43 bits per heavy atom. The number of thiocarbonyl (C=S) groups is 1. The number of ether oxygens (including phenoxy) is 2. The van der Waals surface area contributed by atoms with E-state index in [2.05, 4.69) is 16.0 Å². The van der Waals surface area contributed by atoms with Crippen molar-refractivity contribution in [3.63, 3.8) is 0 Å². The Hall–Kier alpha value is -3.59. The van der Waals surface area contributed by atoms with Gasteiger partial charge in [-0.3, -0.25) is 0 Å². The molecule has 1 aliphatic rings. The summed E-state index contributed by atoms with van der Waals surface area (Å²) in [4.78, 5) is 27.4. The third-order valence-corrected chi connectivity index (χ3v) is 5.88. The highest BCUT2D eigenvalue weighted by Gasteiger charge is 2.34. The Kier molecular flexibility index (Phi) is 8.70. The minimum Gasteiger partial charge on any atom is -0.495 e. The first-order valence-electron chi connectivity index (χ1n) is 11.5. The Bertz CT molecular complexity index is 1110. The van der Waals surface area contributed by atoms with E-state index in [1.807, 2.05) is 56.9 Å². The lowest BCUT2D eigenvalue weighted by atomic mass is 9.95. The van der Waals surface area contributed by atoms with Crippen LogP contribution in [0.15, 0.2) is 59.8 Å².